The van der Waals surface area contributed by atoms with Crippen LogP contribution in [0.3, 0.4) is 0 Å². The van der Waals surface area contributed by atoms with Gasteiger partial charge in [-0.05, 0) is 36.2 Å². The summed E-state index contributed by atoms with van der Waals surface area (Å²) >= 11 is 7.81. The second kappa shape index (κ2) is 9.39. The van der Waals surface area contributed by atoms with Gasteiger partial charge in [-0.25, -0.2) is 9.37 Å². The highest BCUT2D eigenvalue weighted by molar-refractivity contribution is 7.23. The summed E-state index contributed by atoms with van der Waals surface area (Å²) in [7, 11) is 0. The van der Waals surface area contributed by atoms with E-state index in [1.54, 1.807) is 17.0 Å². The first-order chi connectivity index (χ1) is 14.5. The fourth-order valence-corrected chi connectivity index (χ4v) is 4.83. The fraction of sp³-hybridized carbons (Fsp3) is 0.364. The zero-order valence-electron chi connectivity index (χ0n) is 16.7. The average molecular weight is 448 g/mol. The van der Waals surface area contributed by atoms with E-state index in [1.807, 2.05) is 19.1 Å². The molecule has 0 spiro atoms. The molecule has 0 N–H and O–H groups in total. The maximum absolute atomic E-state index is 13.2. The van der Waals surface area contributed by atoms with Gasteiger partial charge in [-0.2, -0.15) is 0 Å². The van der Waals surface area contributed by atoms with Gasteiger partial charge in [0.25, 0.3) is 0 Å². The molecular weight excluding hydrogens is 425 g/mol. The van der Waals surface area contributed by atoms with Crippen molar-refractivity contribution in [3.63, 3.8) is 0 Å². The molecular formula is C22H23ClFN3O2S. The highest BCUT2D eigenvalue weighted by Gasteiger charge is 2.23. The SMILES string of the molecule is Cc1ccc(Cl)c2sc(N(CCN3CCOCC3)C(=O)Cc3ccc(F)cc3)nc12. The summed E-state index contributed by atoms with van der Waals surface area (Å²) in [6, 6.07) is 9.84. The van der Waals surface area contributed by atoms with Gasteiger partial charge in [-0.3, -0.25) is 14.6 Å². The summed E-state index contributed by atoms with van der Waals surface area (Å²) in [5.74, 6) is -0.380. The Morgan fingerprint density at radius 2 is 1.97 bits per heavy atom. The van der Waals surface area contributed by atoms with E-state index in [0.29, 0.717) is 29.9 Å². The van der Waals surface area contributed by atoms with Crippen molar-refractivity contribution in [2.45, 2.75) is 13.3 Å². The van der Waals surface area contributed by atoms with Crippen LogP contribution in [0, 0.1) is 12.7 Å². The molecule has 0 radical (unpaired) electrons. The molecule has 1 aliphatic heterocycles. The van der Waals surface area contributed by atoms with Crippen molar-refractivity contribution in [2.75, 3.05) is 44.3 Å². The number of nitrogens with zero attached hydrogens (tertiary/aromatic N) is 3. The molecule has 158 valence electrons. The van der Waals surface area contributed by atoms with Crippen LogP contribution < -0.4 is 4.90 Å². The summed E-state index contributed by atoms with van der Waals surface area (Å²) < 4.78 is 19.5. The molecule has 1 amide bonds. The van der Waals surface area contributed by atoms with Crippen LogP contribution in [0.1, 0.15) is 11.1 Å². The molecule has 0 aliphatic carbocycles. The van der Waals surface area contributed by atoms with Gasteiger partial charge in [0, 0.05) is 26.2 Å². The number of morpholine rings is 1. The van der Waals surface area contributed by atoms with Crippen LogP contribution in [0.2, 0.25) is 5.02 Å². The lowest BCUT2D eigenvalue weighted by atomic mass is 10.1. The zero-order valence-corrected chi connectivity index (χ0v) is 18.3. The molecule has 30 heavy (non-hydrogen) atoms. The number of amides is 1. The number of halogens is 2. The minimum atomic E-state index is -0.313. The number of ether oxygens (including phenoxy) is 1. The van der Waals surface area contributed by atoms with Crippen LogP contribution in [0.25, 0.3) is 10.2 Å². The van der Waals surface area contributed by atoms with Gasteiger partial charge < -0.3 is 4.74 Å². The number of anilines is 1. The number of thiazole rings is 1. The largest absolute Gasteiger partial charge is 0.379 e. The minimum Gasteiger partial charge on any atom is -0.379 e. The normalized spacial score (nSPS) is 14.9. The van der Waals surface area contributed by atoms with Crippen molar-refractivity contribution in [3.05, 3.63) is 58.4 Å². The van der Waals surface area contributed by atoms with E-state index in [1.165, 1.54) is 23.5 Å². The molecule has 3 aromatic rings. The third-order valence-electron chi connectivity index (χ3n) is 5.23. The molecule has 1 aromatic heterocycles. The van der Waals surface area contributed by atoms with Gasteiger partial charge in [-0.15, -0.1) is 0 Å². The van der Waals surface area contributed by atoms with Crippen molar-refractivity contribution >= 4 is 44.2 Å². The van der Waals surface area contributed by atoms with Gasteiger partial charge in [0.2, 0.25) is 5.91 Å². The Kier molecular flexibility index (Phi) is 6.63. The number of fused-ring (bicyclic) bond motifs is 1. The van der Waals surface area contributed by atoms with E-state index >= 15 is 0 Å². The Morgan fingerprint density at radius 3 is 2.67 bits per heavy atom. The standard InChI is InChI=1S/C22H23ClFN3O2S/c1-15-2-7-18(23)21-20(15)25-22(30-21)27(9-8-26-10-12-29-13-11-26)19(28)14-16-3-5-17(24)6-4-16/h2-7H,8-14H2,1H3. The molecule has 8 heteroatoms. The average Bonchev–Trinajstić information content (AvgIpc) is 3.20. The summed E-state index contributed by atoms with van der Waals surface area (Å²) in [6.07, 6.45) is 0.187. The quantitative estimate of drug-likeness (QED) is 0.565. The number of hydrogen-bond acceptors (Lipinski definition) is 5. The molecule has 4 rings (SSSR count). The number of benzene rings is 2. The van der Waals surface area contributed by atoms with E-state index in [9.17, 15) is 9.18 Å². The summed E-state index contributed by atoms with van der Waals surface area (Å²) in [5, 5.41) is 1.28. The summed E-state index contributed by atoms with van der Waals surface area (Å²) in [5.41, 5.74) is 2.62. The van der Waals surface area contributed by atoms with E-state index < -0.39 is 0 Å². The lowest BCUT2D eigenvalue weighted by Crippen LogP contribution is -2.43. The highest BCUT2D eigenvalue weighted by Crippen LogP contribution is 2.35. The summed E-state index contributed by atoms with van der Waals surface area (Å²) in [6.45, 7) is 6.37. The maximum atomic E-state index is 13.2. The zero-order chi connectivity index (χ0) is 21.1. The first kappa shape index (κ1) is 21.2. The van der Waals surface area contributed by atoms with Crippen LogP contribution in [0.4, 0.5) is 9.52 Å². The smallest absolute Gasteiger partial charge is 0.233 e. The monoisotopic (exact) mass is 447 g/mol. The Morgan fingerprint density at radius 1 is 1.23 bits per heavy atom. The van der Waals surface area contributed by atoms with Crippen molar-refractivity contribution in [1.29, 1.82) is 0 Å². The van der Waals surface area contributed by atoms with Crippen LogP contribution in [0.15, 0.2) is 36.4 Å². The van der Waals surface area contributed by atoms with Crippen LogP contribution >= 0.6 is 22.9 Å². The van der Waals surface area contributed by atoms with Gasteiger partial charge in [0.15, 0.2) is 5.13 Å². The van der Waals surface area contributed by atoms with Crippen molar-refractivity contribution in [3.8, 4) is 0 Å². The van der Waals surface area contributed by atoms with Gasteiger partial charge in [0.05, 0.1) is 34.9 Å². The molecule has 0 bridgehead atoms. The van der Waals surface area contributed by atoms with Crippen molar-refractivity contribution in [1.82, 2.24) is 9.88 Å². The molecule has 1 fully saturated rings. The Bertz CT molecular complexity index is 996. The predicted molar refractivity (Wildman–Crippen MR) is 119 cm³/mol. The molecule has 2 heterocycles. The number of rotatable bonds is 6. The lowest BCUT2D eigenvalue weighted by Gasteiger charge is -2.29. The third kappa shape index (κ3) is 4.81. The molecule has 1 saturated heterocycles. The van der Waals surface area contributed by atoms with Crippen molar-refractivity contribution in [2.24, 2.45) is 0 Å². The Balaban J connectivity index is 1.60. The molecule has 0 unspecified atom stereocenters. The van der Waals surface area contributed by atoms with Crippen LogP contribution in [-0.2, 0) is 16.0 Å². The first-order valence-corrected chi connectivity index (χ1v) is 11.1. The summed E-state index contributed by atoms with van der Waals surface area (Å²) in [4.78, 5) is 22.0. The van der Waals surface area contributed by atoms with E-state index in [0.717, 1.165) is 41.0 Å². The Labute approximate surface area is 184 Å². The van der Waals surface area contributed by atoms with Crippen LogP contribution in [-0.4, -0.2) is 55.2 Å². The van der Waals surface area contributed by atoms with Gasteiger partial charge >= 0.3 is 0 Å². The number of aryl methyl sites for hydroxylation is 1. The third-order valence-corrected chi connectivity index (χ3v) is 6.77. The predicted octanol–water partition coefficient (Wildman–Crippen LogP) is 4.31. The molecule has 5 nitrogen and oxygen atoms in total. The van der Waals surface area contributed by atoms with E-state index in [2.05, 4.69) is 4.90 Å². The number of hydrogen-bond donors (Lipinski definition) is 0. The Hall–Kier alpha value is -2.06. The highest BCUT2D eigenvalue weighted by atomic mass is 35.5. The number of carbonyl (C=O) groups is 1. The topological polar surface area (TPSA) is 45.7 Å². The minimum absolute atomic E-state index is 0.0669. The fourth-order valence-electron chi connectivity index (χ4n) is 3.47. The molecule has 0 atom stereocenters. The molecule has 1 aliphatic rings. The second-order valence-electron chi connectivity index (χ2n) is 7.34. The second-order valence-corrected chi connectivity index (χ2v) is 8.73. The lowest BCUT2D eigenvalue weighted by molar-refractivity contribution is -0.118. The van der Waals surface area contributed by atoms with E-state index in [-0.39, 0.29) is 18.1 Å². The van der Waals surface area contributed by atoms with Gasteiger partial charge in [-0.1, -0.05) is 41.1 Å². The number of carbonyl (C=O) groups excluding carboxylic acids is 1. The van der Waals surface area contributed by atoms with Gasteiger partial charge in [0.1, 0.15) is 5.82 Å². The number of aromatic nitrogens is 1. The molecule has 0 saturated carbocycles. The molecule has 2 aromatic carbocycles. The first-order valence-electron chi connectivity index (χ1n) is 9.92. The van der Waals surface area contributed by atoms with Crippen molar-refractivity contribution < 1.29 is 13.9 Å². The maximum Gasteiger partial charge on any atom is 0.233 e. The van der Waals surface area contributed by atoms with E-state index in [4.69, 9.17) is 21.3 Å². The van der Waals surface area contributed by atoms with Crippen LogP contribution in [0.5, 0.6) is 0 Å².